The van der Waals surface area contributed by atoms with Crippen molar-refractivity contribution in [2.45, 2.75) is 120 Å². The van der Waals surface area contributed by atoms with Crippen molar-refractivity contribution in [1.29, 1.82) is 5.26 Å². The second-order valence-corrected chi connectivity index (χ2v) is 13.4. The molecule has 228 valence electrons. The van der Waals surface area contributed by atoms with Crippen LogP contribution in [0.5, 0.6) is 0 Å². The zero-order chi connectivity index (χ0) is 28.6. The fourth-order valence-corrected chi connectivity index (χ4v) is 7.73. The Labute approximate surface area is 246 Å². The molecule has 2 aliphatic carbocycles. The van der Waals surface area contributed by atoms with E-state index in [-0.39, 0.29) is 65.7 Å². The number of nitrogens with one attached hydrogen (secondary N) is 4. The molecular formula is C30H53ClN6O3. The number of rotatable bonds is 11. The Bertz CT molecular complexity index is 843. The molecule has 11 atom stereocenters. The molecule has 10 heteroatoms. The number of nitrogens with zero attached hydrogens (tertiary/aromatic N) is 2. The number of nitriles is 1. The van der Waals surface area contributed by atoms with E-state index in [1.807, 2.05) is 21.0 Å². The average Bonchev–Trinajstić information content (AvgIpc) is 2.92. The molecule has 0 spiro atoms. The van der Waals surface area contributed by atoms with Gasteiger partial charge in [-0.3, -0.25) is 10.1 Å². The van der Waals surface area contributed by atoms with Gasteiger partial charge < -0.3 is 30.3 Å². The standard InChI is InChI=1S/C30H53ClN6O3/c1-5-39-27-16-25-22(15-26(27)35-28(38)9-7-13-37(3)4)29(20(17-32)18-34-25)36-24-11-10-21(14-23(24)31)40-30-19(2)8-6-12-33-30/h19-27,29-30,33-34,36H,5-16,18H2,1-4H3,(H,35,38). The van der Waals surface area contributed by atoms with Crippen LogP contribution < -0.4 is 21.3 Å². The molecule has 9 nitrogen and oxygen atoms in total. The lowest BCUT2D eigenvalue weighted by Gasteiger charge is -2.50. The maximum atomic E-state index is 12.9. The van der Waals surface area contributed by atoms with Gasteiger partial charge in [0.15, 0.2) is 0 Å². The number of ether oxygens (including phenoxy) is 2. The van der Waals surface area contributed by atoms with Crippen LogP contribution in [-0.2, 0) is 14.3 Å². The van der Waals surface area contributed by atoms with Crippen molar-refractivity contribution in [3.8, 4) is 6.07 Å². The molecule has 4 N–H and O–H groups in total. The Kier molecular flexibility index (Phi) is 12.4. The Balaban J connectivity index is 1.37. The van der Waals surface area contributed by atoms with Crippen molar-refractivity contribution >= 4 is 17.5 Å². The van der Waals surface area contributed by atoms with Gasteiger partial charge in [0.2, 0.25) is 5.91 Å². The molecule has 0 aromatic rings. The number of carbonyl (C=O) groups is 1. The minimum Gasteiger partial charge on any atom is -0.376 e. The fraction of sp³-hybridized carbons (Fsp3) is 0.933. The maximum Gasteiger partial charge on any atom is 0.220 e. The normalized spacial score (nSPS) is 40.3. The van der Waals surface area contributed by atoms with Gasteiger partial charge in [0.05, 0.1) is 35.6 Å². The van der Waals surface area contributed by atoms with Crippen LogP contribution in [-0.4, -0.2) is 99.1 Å². The van der Waals surface area contributed by atoms with Gasteiger partial charge in [-0.15, -0.1) is 11.6 Å². The van der Waals surface area contributed by atoms with Crippen LogP contribution in [0, 0.1) is 29.1 Å². The summed E-state index contributed by atoms with van der Waals surface area (Å²) in [6.07, 6.45) is 8.36. The quantitative estimate of drug-likeness (QED) is 0.276. The predicted molar refractivity (Wildman–Crippen MR) is 158 cm³/mol. The van der Waals surface area contributed by atoms with Crippen LogP contribution in [0.3, 0.4) is 0 Å². The first-order valence-electron chi connectivity index (χ1n) is 15.8. The molecule has 0 radical (unpaired) electrons. The summed E-state index contributed by atoms with van der Waals surface area (Å²) < 4.78 is 12.6. The molecule has 0 bridgehead atoms. The van der Waals surface area contributed by atoms with E-state index in [0.717, 1.165) is 51.6 Å². The maximum absolute atomic E-state index is 12.9. The van der Waals surface area contributed by atoms with Crippen LogP contribution in [0.4, 0.5) is 0 Å². The summed E-state index contributed by atoms with van der Waals surface area (Å²) in [7, 11) is 4.05. The highest BCUT2D eigenvalue weighted by atomic mass is 35.5. The van der Waals surface area contributed by atoms with Crippen molar-refractivity contribution in [1.82, 2.24) is 26.2 Å². The second-order valence-electron chi connectivity index (χ2n) is 12.8. The first kappa shape index (κ1) is 31.9. The first-order chi connectivity index (χ1) is 19.3. The molecular weight excluding hydrogens is 528 g/mol. The summed E-state index contributed by atoms with van der Waals surface area (Å²) >= 11 is 7.01. The predicted octanol–water partition coefficient (Wildman–Crippen LogP) is 2.59. The zero-order valence-corrected chi connectivity index (χ0v) is 25.8. The molecule has 0 aromatic heterocycles. The topological polar surface area (TPSA) is 111 Å². The Morgan fingerprint density at radius 2 is 1.98 bits per heavy atom. The number of amides is 1. The van der Waals surface area contributed by atoms with Crippen molar-refractivity contribution in [2.75, 3.05) is 40.3 Å². The first-order valence-corrected chi connectivity index (χ1v) is 16.2. The molecule has 2 saturated carbocycles. The number of piperidine rings is 2. The third-order valence-electron chi connectivity index (χ3n) is 9.54. The summed E-state index contributed by atoms with van der Waals surface area (Å²) in [6.45, 7) is 7.46. The second kappa shape index (κ2) is 15.5. The lowest BCUT2D eigenvalue weighted by atomic mass is 9.69. The number of hydrogen-bond donors (Lipinski definition) is 4. The molecule has 11 unspecified atom stereocenters. The third kappa shape index (κ3) is 8.53. The Hall–Kier alpha value is -0.990. The Morgan fingerprint density at radius 3 is 2.67 bits per heavy atom. The summed E-state index contributed by atoms with van der Waals surface area (Å²) in [4.78, 5) is 15.0. The van der Waals surface area contributed by atoms with E-state index in [9.17, 15) is 10.1 Å². The largest absolute Gasteiger partial charge is 0.376 e. The van der Waals surface area contributed by atoms with E-state index in [1.54, 1.807) is 0 Å². The fourth-order valence-electron chi connectivity index (χ4n) is 7.33. The van der Waals surface area contributed by atoms with Crippen molar-refractivity contribution < 1.29 is 14.3 Å². The van der Waals surface area contributed by atoms with Gasteiger partial charge in [-0.05, 0) is 97.3 Å². The molecule has 4 fully saturated rings. The lowest BCUT2D eigenvalue weighted by molar-refractivity contribution is -0.124. The molecule has 4 rings (SSSR count). The van der Waals surface area contributed by atoms with Gasteiger partial charge in [0.25, 0.3) is 0 Å². The van der Waals surface area contributed by atoms with Gasteiger partial charge in [-0.2, -0.15) is 5.26 Å². The van der Waals surface area contributed by atoms with E-state index < -0.39 is 0 Å². The third-order valence-corrected chi connectivity index (χ3v) is 10.0. The minimum absolute atomic E-state index is 0.0238. The number of hydrogen-bond acceptors (Lipinski definition) is 8. The van der Waals surface area contributed by atoms with Gasteiger partial charge >= 0.3 is 0 Å². The van der Waals surface area contributed by atoms with Gasteiger partial charge in [-0.1, -0.05) is 6.92 Å². The van der Waals surface area contributed by atoms with Crippen LogP contribution in [0.1, 0.15) is 71.6 Å². The zero-order valence-electron chi connectivity index (χ0n) is 25.0. The summed E-state index contributed by atoms with van der Waals surface area (Å²) in [5, 5.41) is 24.4. The summed E-state index contributed by atoms with van der Waals surface area (Å²) in [6, 6.07) is 2.92. The number of fused-ring (bicyclic) bond motifs is 1. The average molecular weight is 581 g/mol. The molecule has 40 heavy (non-hydrogen) atoms. The Morgan fingerprint density at radius 1 is 1.15 bits per heavy atom. The molecule has 2 saturated heterocycles. The van der Waals surface area contributed by atoms with Gasteiger partial charge in [0.1, 0.15) is 6.23 Å². The highest BCUT2D eigenvalue weighted by molar-refractivity contribution is 6.21. The van der Waals surface area contributed by atoms with E-state index in [0.29, 0.717) is 25.5 Å². The minimum atomic E-state index is -0.147. The summed E-state index contributed by atoms with van der Waals surface area (Å²) in [5.41, 5.74) is 0. The van der Waals surface area contributed by atoms with Crippen LogP contribution in [0.15, 0.2) is 0 Å². The smallest absolute Gasteiger partial charge is 0.220 e. The van der Waals surface area contributed by atoms with Gasteiger partial charge in [0, 0.05) is 37.7 Å². The van der Waals surface area contributed by atoms with Crippen LogP contribution in [0.25, 0.3) is 0 Å². The van der Waals surface area contributed by atoms with Crippen molar-refractivity contribution in [3.05, 3.63) is 0 Å². The van der Waals surface area contributed by atoms with Crippen molar-refractivity contribution in [3.63, 3.8) is 0 Å². The molecule has 1 amide bonds. The SMILES string of the molecule is CCOC1CC2NCC(C#N)C(NC3CCC(OC4NCCCC4C)CC3Cl)C2CC1NC(=O)CCCN(C)C. The number of carbonyl (C=O) groups excluding carboxylic acids is 1. The molecule has 2 aliphatic heterocycles. The van der Waals surface area contributed by atoms with E-state index in [2.05, 4.69) is 39.2 Å². The van der Waals surface area contributed by atoms with Crippen molar-refractivity contribution in [2.24, 2.45) is 17.8 Å². The summed E-state index contributed by atoms with van der Waals surface area (Å²) in [5.74, 6) is 0.675. The van der Waals surface area contributed by atoms with Gasteiger partial charge in [-0.25, -0.2) is 0 Å². The monoisotopic (exact) mass is 580 g/mol. The molecule has 4 aliphatic rings. The highest BCUT2D eigenvalue weighted by Crippen LogP contribution is 2.37. The molecule has 2 heterocycles. The molecule has 0 aromatic carbocycles. The highest BCUT2D eigenvalue weighted by Gasteiger charge is 2.48. The van der Waals surface area contributed by atoms with E-state index in [1.165, 1.54) is 12.8 Å². The van der Waals surface area contributed by atoms with E-state index in [4.69, 9.17) is 21.1 Å². The van der Waals surface area contributed by atoms with Crippen LogP contribution in [0.2, 0.25) is 0 Å². The van der Waals surface area contributed by atoms with Crippen LogP contribution >= 0.6 is 11.6 Å². The number of halogens is 1. The van der Waals surface area contributed by atoms with E-state index >= 15 is 0 Å². The lowest BCUT2D eigenvalue weighted by Crippen LogP contribution is -2.66. The number of alkyl halides is 1.